The molecule has 3 atom stereocenters. The first-order valence-corrected chi connectivity index (χ1v) is 11.8. The minimum absolute atomic E-state index is 0.110. The summed E-state index contributed by atoms with van der Waals surface area (Å²) < 4.78 is 56.4. The van der Waals surface area contributed by atoms with Crippen LogP contribution >= 0.6 is 0 Å². The van der Waals surface area contributed by atoms with Crippen LogP contribution < -0.4 is 5.32 Å². The van der Waals surface area contributed by atoms with E-state index in [1.807, 2.05) is 12.1 Å². The Bertz CT molecular complexity index is 1270. The number of hydrogen-bond acceptors (Lipinski definition) is 3. The van der Waals surface area contributed by atoms with Crippen molar-refractivity contribution in [3.8, 4) is 5.69 Å². The number of nitrogens with one attached hydrogen (secondary N) is 1. The molecule has 2 aromatic carbocycles. The highest BCUT2D eigenvalue weighted by atomic mass is 19.4. The smallest absolute Gasteiger partial charge is 0.380 e. The summed E-state index contributed by atoms with van der Waals surface area (Å²) in [5, 5.41) is 18.7. The topological polar surface area (TPSA) is 67.2 Å². The normalized spacial score (nSPS) is 26.6. The third-order valence-corrected chi connectivity index (χ3v) is 7.93. The zero-order valence-corrected chi connectivity index (χ0v) is 19.3. The van der Waals surface area contributed by atoms with Gasteiger partial charge in [0, 0.05) is 24.3 Å². The molecule has 1 heterocycles. The van der Waals surface area contributed by atoms with Crippen molar-refractivity contribution in [2.24, 2.45) is 5.92 Å². The molecule has 3 aromatic rings. The molecule has 0 bridgehead atoms. The highest BCUT2D eigenvalue weighted by Gasteiger charge is 2.61. The van der Waals surface area contributed by atoms with E-state index < -0.39 is 29.5 Å². The number of fused-ring (bicyclic) bond motifs is 4. The van der Waals surface area contributed by atoms with Gasteiger partial charge in [-0.3, -0.25) is 4.79 Å². The number of benzene rings is 2. The number of carbonyl (C=O) groups excluding carboxylic acids is 1. The van der Waals surface area contributed by atoms with Gasteiger partial charge in [-0.05, 0) is 92.0 Å². The Balaban J connectivity index is 1.63. The molecule has 2 aliphatic carbocycles. The maximum atomic E-state index is 13.8. The first-order chi connectivity index (χ1) is 16.5. The fourth-order valence-electron chi connectivity index (χ4n) is 6.05. The molecule has 1 saturated carbocycles. The van der Waals surface area contributed by atoms with Gasteiger partial charge in [-0.25, -0.2) is 9.07 Å². The van der Waals surface area contributed by atoms with Gasteiger partial charge in [0.2, 0.25) is 5.91 Å². The van der Waals surface area contributed by atoms with Crippen molar-refractivity contribution in [1.82, 2.24) is 15.1 Å². The SMILES string of the molecule is CC(=O)NC[C@]12CC[C@@](O)(C(F)(F)F)C[C@@H]1CCCc1cc3c(cnn3-c3ccc(F)cc3)cc12. The summed E-state index contributed by atoms with van der Waals surface area (Å²) >= 11 is 0. The molecule has 1 fully saturated rings. The second-order valence-electron chi connectivity index (χ2n) is 9.99. The third kappa shape index (κ3) is 3.99. The number of aliphatic hydroxyl groups is 1. The van der Waals surface area contributed by atoms with Crippen LogP contribution in [0, 0.1) is 11.7 Å². The van der Waals surface area contributed by atoms with E-state index in [4.69, 9.17) is 0 Å². The molecule has 1 aromatic heterocycles. The van der Waals surface area contributed by atoms with E-state index in [0.29, 0.717) is 24.9 Å². The van der Waals surface area contributed by atoms with Gasteiger partial charge in [0.15, 0.2) is 5.60 Å². The number of nitrogens with zero attached hydrogens (tertiary/aromatic N) is 2. The number of halogens is 4. The monoisotopic (exact) mass is 489 g/mol. The van der Waals surface area contributed by atoms with Crippen molar-refractivity contribution < 1.29 is 27.5 Å². The Kier molecular flexibility index (Phi) is 5.66. The molecule has 0 saturated heterocycles. The van der Waals surface area contributed by atoms with Gasteiger partial charge in [-0.1, -0.05) is 0 Å². The van der Waals surface area contributed by atoms with Crippen LogP contribution in [0.2, 0.25) is 0 Å². The van der Waals surface area contributed by atoms with Gasteiger partial charge >= 0.3 is 6.18 Å². The van der Waals surface area contributed by atoms with Crippen molar-refractivity contribution in [3.63, 3.8) is 0 Å². The molecule has 5 rings (SSSR count). The van der Waals surface area contributed by atoms with Crippen molar-refractivity contribution in [3.05, 3.63) is 59.5 Å². The van der Waals surface area contributed by atoms with Crippen LogP contribution in [0.25, 0.3) is 16.6 Å². The molecule has 1 amide bonds. The summed E-state index contributed by atoms with van der Waals surface area (Å²) in [6.07, 6.45) is -1.85. The molecular weight excluding hydrogens is 462 g/mol. The van der Waals surface area contributed by atoms with E-state index in [2.05, 4.69) is 10.4 Å². The Morgan fingerprint density at radius 3 is 2.66 bits per heavy atom. The van der Waals surface area contributed by atoms with Crippen LogP contribution in [0.4, 0.5) is 17.6 Å². The van der Waals surface area contributed by atoms with Crippen LogP contribution in [-0.2, 0) is 16.6 Å². The number of carbonyl (C=O) groups is 1. The average molecular weight is 490 g/mol. The molecule has 186 valence electrons. The number of hydrogen-bond donors (Lipinski definition) is 2. The van der Waals surface area contributed by atoms with Crippen molar-refractivity contribution in [2.45, 2.75) is 62.6 Å². The van der Waals surface area contributed by atoms with Gasteiger partial charge in [0.1, 0.15) is 5.82 Å². The van der Waals surface area contributed by atoms with Gasteiger partial charge in [-0.15, -0.1) is 0 Å². The Labute approximate surface area is 200 Å². The van der Waals surface area contributed by atoms with Gasteiger partial charge in [0.05, 0.1) is 17.4 Å². The van der Waals surface area contributed by atoms with Crippen LogP contribution in [0.3, 0.4) is 0 Å². The molecule has 0 unspecified atom stereocenters. The van der Waals surface area contributed by atoms with Crippen molar-refractivity contribution in [1.29, 1.82) is 0 Å². The zero-order chi connectivity index (χ0) is 25.0. The molecule has 2 aliphatic rings. The number of amides is 1. The van der Waals surface area contributed by atoms with Gasteiger partial charge in [0.25, 0.3) is 0 Å². The molecule has 0 radical (unpaired) electrons. The number of alkyl halides is 3. The summed E-state index contributed by atoms with van der Waals surface area (Å²) in [6, 6.07) is 10.0. The quantitative estimate of drug-likeness (QED) is 0.511. The molecule has 9 heteroatoms. The van der Waals surface area contributed by atoms with Gasteiger partial charge in [-0.2, -0.15) is 18.3 Å². The van der Waals surface area contributed by atoms with Crippen LogP contribution in [0.1, 0.15) is 50.2 Å². The van der Waals surface area contributed by atoms with Gasteiger partial charge < -0.3 is 10.4 Å². The highest BCUT2D eigenvalue weighted by Crippen LogP contribution is 2.55. The summed E-state index contributed by atoms with van der Waals surface area (Å²) in [6.45, 7) is 1.61. The lowest BCUT2D eigenvalue weighted by atomic mass is 9.57. The first-order valence-electron chi connectivity index (χ1n) is 11.8. The Hall–Kier alpha value is -2.94. The standard InChI is InChI=1S/C26H27F4N3O2/c1-16(34)31-15-24-9-10-25(35,26(28,29)30)13-19(24)4-2-3-17-12-23-18(11-22(17)24)14-32-33(23)21-7-5-20(27)6-8-21/h5-8,11-12,14,19,35H,2-4,9-10,13,15H2,1H3,(H,31,34)/t19-,24+,25-/m0/s1. The van der Waals surface area contributed by atoms with Crippen molar-refractivity contribution >= 4 is 16.8 Å². The predicted octanol–water partition coefficient (Wildman–Crippen LogP) is 4.97. The Morgan fingerprint density at radius 1 is 1.23 bits per heavy atom. The number of aromatic nitrogens is 2. The number of aryl methyl sites for hydroxylation is 1. The van der Waals surface area contributed by atoms with E-state index in [1.165, 1.54) is 19.1 Å². The lowest BCUT2D eigenvalue weighted by molar-refractivity contribution is -0.279. The number of rotatable bonds is 3. The summed E-state index contributed by atoms with van der Waals surface area (Å²) in [5.74, 6) is -1.03. The molecular formula is C26H27F4N3O2. The summed E-state index contributed by atoms with van der Waals surface area (Å²) in [4.78, 5) is 11.9. The van der Waals surface area contributed by atoms with E-state index >= 15 is 0 Å². The minimum atomic E-state index is -4.71. The fourth-order valence-corrected chi connectivity index (χ4v) is 6.05. The van der Waals surface area contributed by atoms with Crippen LogP contribution in [0.15, 0.2) is 42.6 Å². The average Bonchev–Trinajstić information content (AvgIpc) is 3.14. The van der Waals surface area contributed by atoms with E-state index in [0.717, 1.165) is 22.0 Å². The fraction of sp³-hybridized carbons (Fsp3) is 0.462. The summed E-state index contributed by atoms with van der Waals surface area (Å²) in [7, 11) is 0. The minimum Gasteiger partial charge on any atom is -0.380 e. The van der Waals surface area contributed by atoms with Crippen molar-refractivity contribution in [2.75, 3.05) is 6.54 Å². The second-order valence-corrected chi connectivity index (χ2v) is 9.99. The highest BCUT2D eigenvalue weighted by molar-refractivity contribution is 5.83. The molecule has 0 aliphatic heterocycles. The van der Waals surface area contributed by atoms with Crippen LogP contribution in [-0.4, -0.2) is 39.1 Å². The van der Waals surface area contributed by atoms with E-state index in [-0.39, 0.29) is 31.1 Å². The molecule has 35 heavy (non-hydrogen) atoms. The molecule has 5 nitrogen and oxygen atoms in total. The first kappa shape index (κ1) is 23.8. The second kappa shape index (κ2) is 8.33. The third-order valence-electron chi connectivity index (χ3n) is 7.93. The Morgan fingerprint density at radius 2 is 1.97 bits per heavy atom. The van der Waals surface area contributed by atoms with Crippen LogP contribution in [0.5, 0.6) is 0 Å². The van der Waals surface area contributed by atoms with E-state index in [9.17, 15) is 27.5 Å². The molecule has 2 N–H and O–H groups in total. The summed E-state index contributed by atoms with van der Waals surface area (Å²) in [5.41, 5.74) is 0.0104. The zero-order valence-electron chi connectivity index (χ0n) is 19.3. The molecule has 0 spiro atoms. The lowest BCUT2D eigenvalue weighted by Crippen LogP contribution is -2.57. The lowest BCUT2D eigenvalue weighted by Gasteiger charge is -2.50. The largest absolute Gasteiger partial charge is 0.417 e. The van der Waals surface area contributed by atoms with E-state index in [1.54, 1.807) is 23.0 Å². The maximum Gasteiger partial charge on any atom is 0.417 e. The predicted molar refractivity (Wildman–Crippen MR) is 123 cm³/mol. The maximum absolute atomic E-state index is 13.8.